The average molecular weight is 477 g/mol. The lowest BCUT2D eigenvalue weighted by molar-refractivity contribution is -0.116. The first kappa shape index (κ1) is 20.6. The van der Waals surface area contributed by atoms with E-state index in [0.717, 1.165) is 29.3 Å². The van der Waals surface area contributed by atoms with Gasteiger partial charge in [-0.15, -0.1) is 0 Å². The van der Waals surface area contributed by atoms with Gasteiger partial charge in [0, 0.05) is 31.0 Å². The zero-order chi connectivity index (χ0) is 20.6. The van der Waals surface area contributed by atoms with E-state index in [1.165, 1.54) is 12.5 Å². The van der Waals surface area contributed by atoms with Crippen molar-refractivity contribution < 1.29 is 13.2 Å². The van der Waals surface area contributed by atoms with E-state index in [-0.39, 0.29) is 10.8 Å². The van der Waals surface area contributed by atoms with Crippen LogP contribution >= 0.6 is 15.9 Å². The maximum Gasteiger partial charge on any atom is 0.245 e. The number of hydrogen-bond donors (Lipinski definition) is 0. The predicted molar refractivity (Wildman–Crippen MR) is 118 cm³/mol. The van der Waals surface area contributed by atoms with E-state index in [1.54, 1.807) is 15.3 Å². The number of nitrogens with zero attached hydrogens (tertiary/aromatic N) is 2. The Kier molecular flexibility index (Phi) is 5.82. The Hall–Kier alpha value is -1.70. The Balaban J connectivity index is 1.55. The lowest BCUT2D eigenvalue weighted by atomic mass is 9.91. The van der Waals surface area contributed by atoms with Crippen molar-refractivity contribution in [3.63, 3.8) is 0 Å². The van der Waals surface area contributed by atoms with Crippen LogP contribution in [0, 0.1) is 5.92 Å². The molecule has 7 heteroatoms. The van der Waals surface area contributed by atoms with Crippen LogP contribution in [0.1, 0.15) is 30.9 Å². The molecule has 1 saturated heterocycles. The van der Waals surface area contributed by atoms with E-state index < -0.39 is 10.0 Å². The maximum atomic E-state index is 13.5. The van der Waals surface area contributed by atoms with Gasteiger partial charge in [0.15, 0.2) is 0 Å². The molecule has 0 atom stereocenters. The van der Waals surface area contributed by atoms with Crippen LogP contribution < -0.4 is 4.90 Å². The number of piperidine rings is 1. The summed E-state index contributed by atoms with van der Waals surface area (Å²) in [5.74, 6) is 0.370. The molecular weight excluding hydrogens is 452 g/mol. The largest absolute Gasteiger partial charge is 0.311 e. The van der Waals surface area contributed by atoms with Crippen LogP contribution in [-0.4, -0.2) is 38.3 Å². The average Bonchev–Trinajstić information content (AvgIpc) is 3.12. The van der Waals surface area contributed by atoms with E-state index >= 15 is 0 Å². The molecule has 5 nitrogen and oxygen atoms in total. The molecule has 0 unspecified atom stereocenters. The molecule has 2 aromatic carbocycles. The van der Waals surface area contributed by atoms with Gasteiger partial charge in [-0.2, -0.15) is 4.31 Å². The van der Waals surface area contributed by atoms with Crippen molar-refractivity contribution in [2.75, 3.05) is 24.5 Å². The smallest absolute Gasteiger partial charge is 0.245 e. The van der Waals surface area contributed by atoms with Gasteiger partial charge >= 0.3 is 0 Å². The molecule has 2 aliphatic heterocycles. The molecule has 154 valence electrons. The summed E-state index contributed by atoms with van der Waals surface area (Å²) in [5, 5.41) is 0. The Morgan fingerprint density at radius 3 is 2.45 bits per heavy atom. The van der Waals surface area contributed by atoms with Gasteiger partial charge < -0.3 is 4.90 Å². The molecule has 1 fully saturated rings. The molecule has 1 amide bonds. The third-order valence-corrected chi connectivity index (χ3v) is 8.30. The molecule has 0 spiro atoms. The number of carbonyl (C=O) groups is 1. The van der Waals surface area contributed by atoms with Crippen LogP contribution in [-0.2, 0) is 27.7 Å². The summed E-state index contributed by atoms with van der Waals surface area (Å²) in [5.41, 5.74) is 2.77. The van der Waals surface area contributed by atoms with Crippen LogP contribution in [0.2, 0.25) is 0 Å². The number of hydrogen-bond acceptors (Lipinski definition) is 3. The highest BCUT2D eigenvalue weighted by atomic mass is 79.9. The highest BCUT2D eigenvalue weighted by molar-refractivity contribution is 9.10. The van der Waals surface area contributed by atoms with Crippen molar-refractivity contribution in [3.8, 4) is 0 Å². The third-order valence-electron chi connectivity index (χ3n) is 5.93. The second-order valence-electron chi connectivity index (χ2n) is 7.87. The maximum absolute atomic E-state index is 13.5. The zero-order valence-electron chi connectivity index (χ0n) is 16.5. The molecule has 0 aromatic heterocycles. The summed E-state index contributed by atoms with van der Waals surface area (Å²) in [6.45, 7) is 3.05. The third kappa shape index (κ3) is 4.13. The number of rotatable bonds is 4. The molecule has 0 bridgehead atoms. The van der Waals surface area contributed by atoms with Gasteiger partial charge in [0.2, 0.25) is 15.9 Å². The van der Waals surface area contributed by atoms with Crippen molar-refractivity contribution in [2.24, 2.45) is 5.92 Å². The van der Waals surface area contributed by atoms with Gasteiger partial charge in [0.05, 0.1) is 5.69 Å². The van der Waals surface area contributed by atoms with E-state index in [2.05, 4.69) is 28.1 Å². The minimum atomic E-state index is -3.66. The molecule has 2 aromatic rings. The first-order chi connectivity index (χ1) is 13.9. The Morgan fingerprint density at radius 2 is 1.79 bits per heavy atom. The van der Waals surface area contributed by atoms with Crippen LogP contribution in [0.4, 0.5) is 5.69 Å². The Labute approximate surface area is 180 Å². The van der Waals surface area contributed by atoms with Crippen molar-refractivity contribution in [2.45, 2.75) is 37.5 Å². The predicted octanol–water partition coefficient (Wildman–Crippen LogP) is 4.00. The Morgan fingerprint density at radius 1 is 1.10 bits per heavy atom. The topological polar surface area (TPSA) is 57.7 Å². The first-order valence-corrected chi connectivity index (χ1v) is 12.2. The summed E-state index contributed by atoms with van der Waals surface area (Å²) in [4.78, 5) is 13.9. The van der Waals surface area contributed by atoms with E-state index in [0.29, 0.717) is 37.7 Å². The van der Waals surface area contributed by atoms with Gasteiger partial charge in [0.25, 0.3) is 0 Å². The van der Waals surface area contributed by atoms with Gasteiger partial charge in [0.1, 0.15) is 4.90 Å². The fourth-order valence-electron chi connectivity index (χ4n) is 4.42. The second kappa shape index (κ2) is 8.20. The lowest BCUT2D eigenvalue weighted by Gasteiger charge is -2.32. The number of halogens is 1. The van der Waals surface area contributed by atoms with Crippen LogP contribution in [0.3, 0.4) is 0 Å². The van der Waals surface area contributed by atoms with Gasteiger partial charge in [-0.25, -0.2) is 8.42 Å². The van der Waals surface area contributed by atoms with Crippen molar-refractivity contribution >= 4 is 37.5 Å². The molecule has 29 heavy (non-hydrogen) atoms. The van der Waals surface area contributed by atoms with Crippen LogP contribution in [0.5, 0.6) is 0 Å². The quantitative estimate of drug-likeness (QED) is 0.669. The van der Waals surface area contributed by atoms with Gasteiger partial charge in [-0.1, -0.05) is 46.3 Å². The molecule has 0 radical (unpaired) electrons. The van der Waals surface area contributed by atoms with Crippen LogP contribution in [0.15, 0.2) is 51.8 Å². The fraction of sp³-hybridized carbons (Fsp3) is 0.409. The number of carbonyl (C=O) groups excluding carboxylic acids is 1. The number of anilines is 1. The molecule has 4 rings (SSSR count). The highest BCUT2D eigenvalue weighted by Gasteiger charge is 2.36. The lowest BCUT2D eigenvalue weighted by Crippen LogP contribution is -2.39. The number of sulfonamides is 1. The molecule has 0 saturated carbocycles. The van der Waals surface area contributed by atoms with Gasteiger partial charge in [-0.05, 0) is 54.9 Å². The standard InChI is InChI=1S/C22H25BrN2O3S/c1-16(26)25-12-9-19-14-20(23)15-21(22(19)25)29(27,28)24-10-7-18(8-11-24)13-17-5-3-2-4-6-17/h2-6,14-15,18H,7-13H2,1H3. The summed E-state index contributed by atoms with van der Waals surface area (Å²) in [7, 11) is -3.66. The van der Waals surface area contributed by atoms with Crippen molar-refractivity contribution in [1.29, 1.82) is 0 Å². The van der Waals surface area contributed by atoms with Gasteiger partial charge in [-0.3, -0.25) is 4.79 Å². The van der Waals surface area contributed by atoms with E-state index in [1.807, 2.05) is 24.3 Å². The number of benzene rings is 2. The number of amides is 1. The van der Waals surface area contributed by atoms with Crippen molar-refractivity contribution in [1.82, 2.24) is 4.31 Å². The summed E-state index contributed by atoms with van der Waals surface area (Å²) in [6, 6.07) is 13.9. The summed E-state index contributed by atoms with van der Waals surface area (Å²) in [6.07, 6.45) is 3.36. The fourth-order valence-corrected chi connectivity index (χ4v) is 6.81. The number of fused-ring (bicyclic) bond motifs is 1. The summed E-state index contributed by atoms with van der Waals surface area (Å²) < 4.78 is 29.3. The monoisotopic (exact) mass is 476 g/mol. The minimum Gasteiger partial charge on any atom is -0.311 e. The first-order valence-electron chi connectivity index (χ1n) is 10.0. The summed E-state index contributed by atoms with van der Waals surface area (Å²) >= 11 is 3.45. The molecule has 2 heterocycles. The van der Waals surface area contributed by atoms with Crippen molar-refractivity contribution in [3.05, 3.63) is 58.1 Å². The molecule has 0 aliphatic carbocycles. The SMILES string of the molecule is CC(=O)N1CCc2cc(Br)cc(S(=O)(=O)N3CCC(Cc4ccccc4)CC3)c21. The van der Waals surface area contributed by atoms with Crippen LogP contribution in [0.25, 0.3) is 0 Å². The second-order valence-corrected chi connectivity index (χ2v) is 10.7. The minimum absolute atomic E-state index is 0.121. The highest BCUT2D eigenvalue weighted by Crippen LogP contribution is 2.39. The molecule has 2 aliphatic rings. The molecule has 0 N–H and O–H groups in total. The zero-order valence-corrected chi connectivity index (χ0v) is 18.9. The van der Waals surface area contributed by atoms with E-state index in [9.17, 15) is 13.2 Å². The van der Waals surface area contributed by atoms with E-state index in [4.69, 9.17) is 0 Å². The Bertz CT molecular complexity index is 1020. The normalized spacial score (nSPS) is 18.1. The molecular formula is C22H25BrN2O3S.